The van der Waals surface area contributed by atoms with E-state index in [2.05, 4.69) is 5.32 Å². The molecule has 0 bridgehead atoms. The van der Waals surface area contributed by atoms with Crippen LogP contribution in [-0.4, -0.2) is 25.9 Å². The number of para-hydroxylation sites is 1. The van der Waals surface area contributed by atoms with Gasteiger partial charge in [0.25, 0.3) is 0 Å². The van der Waals surface area contributed by atoms with Gasteiger partial charge in [-0.15, -0.1) is 0 Å². The minimum absolute atomic E-state index is 0.225. The Hall–Kier alpha value is -3.60. The highest BCUT2D eigenvalue weighted by Crippen LogP contribution is 2.19. The molecule has 3 rings (SSSR count). The number of carbonyl (C=O) groups is 2. The van der Waals surface area contributed by atoms with E-state index in [4.69, 9.17) is 0 Å². The van der Waals surface area contributed by atoms with Crippen molar-refractivity contribution in [3.05, 3.63) is 90.5 Å². The zero-order chi connectivity index (χ0) is 20.6. The second-order valence-corrected chi connectivity index (χ2v) is 6.97. The molecule has 0 heterocycles. The van der Waals surface area contributed by atoms with Crippen molar-refractivity contribution < 1.29 is 9.59 Å². The minimum Gasteiger partial charge on any atom is -0.378 e. The lowest BCUT2D eigenvalue weighted by Crippen LogP contribution is -2.33. The van der Waals surface area contributed by atoms with Crippen LogP contribution < -0.4 is 15.1 Å². The van der Waals surface area contributed by atoms with E-state index in [1.54, 1.807) is 4.90 Å². The number of hydrogen-bond donors (Lipinski definition) is 1. The molecule has 29 heavy (non-hydrogen) atoms. The van der Waals surface area contributed by atoms with Gasteiger partial charge in [0.2, 0.25) is 11.8 Å². The zero-order valence-electron chi connectivity index (χ0n) is 16.7. The molecule has 148 valence electrons. The Morgan fingerprint density at radius 1 is 0.759 bits per heavy atom. The molecule has 0 unspecified atom stereocenters. The second kappa shape index (κ2) is 9.55. The quantitative estimate of drug-likeness (QED) is 0.615. The molecule has 0 fully saturated rings. The van der Waals surface area contributed by atoms with Crippen LogP contribution in [0.25, 0.3) is 0 Å². The van der Waals surface area contributed by atoms with Crippen molar-refractivity contribution in [1.29, 1.82) is 0 Å². The first kappa shape index (κ1) is 20.1. The summed E-state index contributed by atoms with van der Waals surface area (Å²) in [6.45, 7) is 0.411. The summed E-state index contributed by atoms with van der Waals surface area (Å²) >= 11 is 0. The maximum Gasteiger partial charge on any atom is 0.236 e. The topological polar surface area (TPSA) is 52.7 Å². The molecule has 1 N–H and O–H groups in total. The third-order valence-electron chi connectivity index (χ3n) is 4.53. The van der Waals surface area contributed by atoms with Gasteiger partial charge in [-0.1, -0.05) is 48.5 Å². The van der Waals surface area contributed by atoms with Crippen molar-refractivity contribution in [3.8, 4) is 0 Å². The fourth-order valence-electron chi connectivity index (χ4n) is 2.98. The number of nitrogens with zero attached hydrogens (tertiary/aromatic N) is 2. The minimum atomic E-state index is -0.332. The highest BCUT2D eigenvalue weighted by Gasteiger charge is 2.19. The SMILES string of the molecule is CN(C)c1ccc(NC(=O)CC(=O)N(Cc2ccccc2)c2ccccc2)cc1. The number of anilines is 3. The van der Waals surface area contributed by atoms with Crippen LogP contribution in [0.3, 0.4) is 0 Å². The molecule has 0 spiro atoms. The van der Waals surface area contributed by atoms with Gasteiger partial charge in [-0.05, 0) is 42.0 Å². The van der Waals surface area contributed by atoms with E-state index >= 15 is 0 Å². The Labute approximate surface area is 171 Å². The highest BCUT2D eigenvalue weighted by atomic mass is 16.2. The van der Waals surface area contributed by atoms with Crippen LogP contribution in [-0.2, 0) is 16.1 Å². The molecule has 0 atom stereocenters. The van der Waals surface area contributed by atoms with Gasteiger partial charge >= 0.3 is 0 Å². The number of benzene rings is 3. The molecule has 2 amide bonds. The summed E-state index contributed by atoms with van der Waals surface area (Å²) < 4.78 is 0. The van der Waals surface area contributed by atoms with Gasteiger partial charge < -0.3 is 15.1 Å². The summed E-state index contributed by atoms with van der Waals surface area (Å²) in [6, 6.07) is 26.7. The zero-order valence-corrected chi connectivity index (χ0v) is 16.7. The maximum atomic E-state index is 13.0. The standard InChI is InChI=1S/C24H25N3O2/c1-26(2)21-15-13-20(14-16-21)25-23(28)17-24(29)27(22-11-7-4-8-12-22)18-19-9-5-3-6-10-19/h3-16H,17-18H2,1-2H3,(H,25,28). The average Bonchev–Trinajstić information content (AvgIpc) is 2.73. The van der Waals surface area contributed by atoms with E-state index in [1.165, 1.54) is 0 Å². The maximum absolute atomic E-state index is 13.0. The van der Waals surface area contributed by atoms with Crippen molar-refractivity contribution in [2.45, 2.75) is 13.0 Å². The second-order valence-electron chi connectivity index (χ2n) is 6.97. The Balaban J connectivity index is 1.69. The predicted molar refractivity (Wildman–Crippen MR) is 118 cm³/mol. The van der Waals surface area contributed by atoms with Gasteiger partial charge in [0.1, 0.15) is 6.42 Å². The van der Waals surface area contributed by atoms with Gasteiger partial charge in [-0.2, -0.15) is 0 Å². The van der Waals surface area contributed by atoms with E-state index in [0.717, 1.165) is 16.9 Å². The summed E-state index contributed by atoms with van der Waals surface area (Å²) in [5.74, 6) is -0.580. The molecule has 5 nitrogen and oxygen atoms in total. The Morgan fingerprint density at radius 2 is 1.34 bits per heavy atom. The molecule has 0 saturated heterocycles. The van der Waals surface area contributed by atoms with Crippen LogP contribution >= 0.6 is 0 Å². The third kappa shape index (κ3) is 5.69. The number of rotatable bonds is 7. The molecule has 0 radical (unpaired) electrons. The summed E-state index contributed by atoms with van der Waals surface area (Å²) in [5.41, 5.74) is 3.48. The van der Waals surface area contributed by atoms with Crippen molar-refractivity contribution in [3.63, 3.8) is 0 Å². The summed E-state index contributed by atoms with van der Waals surface area (Å²) in [4.78, 5) is 29.0. The molecule has 3 aromatic rings. The van der Waals surface area contributed by atoms with Crippen molar-refractivity contribution >= 4 is 28.9 Å². The smallest absolute Gasteiger partial charge is 0.236 e. The van der Waals surface area contributed by atoms with Crippen molar-refractivity contribution in [2.75, 3.05) is 29.2 Å². The first-order valence-corrected chi connectivity index (χ1v) is 9.49. The van der Waals surface area contributed by atoms with Crippen LogP contribution in [0.5, 0.6) is 0 Å². The van der Waals surface area contributed by atoms with Crippen LogP contribution in [0.2, 0.25) is 0 Å². The molecule has 0 saturated carbocycles. The first-order valence-electron chi connectivity index (χ1n) is 9.49. The van der Waals surface area contributed by atoms with Gasteiger partial charge in [0, 0.05) is 31.2 Å². The molecular formula is C24H25N3O2. The largest absolute Gasteiger partial charge is 0.378 e. The Morgan fingerprint density at radius 3 is 1.93 bits per heavy atom. The lowest BCUT2D eigenvalue weighted by molar-refractivity contribution is -0.125. The summed E-state index contributed by atoms with van der Waals surface area (Å²) in [5, 5.41) is 2.80. The van der Waals surface area contributed by atoms with Crippen LogP contribution in [0, 0.1) is 0 Å². The molecule has 0 aliphatic heterocycles. The molecule has 0 aliphatic rings. The number of nitrogens with one attached hydrogen (secondary N) is 1. The number of carbonyl (C=O) groups excluding carboxylic acids is 2. The van der Waals surface area contributed by atoms with Crippen molar-refractivity contribution in [2.24, 2.45) is 0 Å². The van der Waals surface area contributed by atoms with Gasteiger partial charge in [-0.3, -0.25) is 9.59 Å². The number of hydrogen-bond acceptors (Lipinski definition) is 3. The van der Waals surface area contributed by atoms with Crippen molar-refractivity contribution in [1.82, 2.24) is 0 Å². The van der Waals surface area contributed by atoms with Gasteiger partial charge in [0.15, 0.2) is 0 Å². The molecule has 0 aromatic heterocycles. The molecular weight excluding hydrogens is 362 g/mol. The van der Waals surface area contributed by atoms with E-state index in [1.807, 2.05) is 104 Å². The van der Waals surface area contributed by atoms with Gasteiger partial charge in [-0.25, -0.2) is 0 Å². The fraction of sp³-hybridized carbons (Fsp3) is 0.167. The summed E-state index contributed by atoms with van der Waals surface area (Å²) in [7, 11) is 3.91. The Bertz CT molecular complexity index is 939. The van der Waals surface area contributed by atoms with Crippen LogP contribution in [0.1, 0.15) is 12.0 Å². The van der Waals surface area contributed by atoms with Crippen LogP contribution in [0.4, 0.5) is 17.1 Å². The summed E-state index contributed by atoms with van der Waals surface area (Å²) in [6.07, 6.45) is -0.225. The van der Waals surface area contributed by atoms with E-state index in [-0.39, 0.29) is 18.2 Å². The predicted octanol–water partition coefficient (Wildman–Crippen LogP) is 4.31. The first-order chi connectivity index (χ1) is 14.0. The lowest BCUT2D eigenvalue weighted by atomic mass is 10.1. The molecule has 3 aromatic carbocycles. The average molecular weight is 387 g/mol. The normalized spacial score (nSPS) is 10.3. The Kier molecular flexibility index (Phi) is 6.63. The monoisotopic (exact) mass is 387 g/mol. The highest BCUT2D eigenvalue weighted by molar-refractivity contribution is 6.09. The van der Waals surface area contributed by atoms with E-state index in [9.17, 15) is 9.59 Å². The van der Waals surface area contributed by atoms with Crippen LogP contribution in [0.15, 0.2) is 84.9 Å². The molecule has 5 heteroatoms. The lowest BCUT2D eigenvalue weighted by Gasteiger charge is -2.23. The third-order valence-corrected chi connectivity index (χ3v) is 4.53. The number of amides is 2. The fourth-order valence-corrected chi connectivity index (χ4v) is 2.98. The molecule has 0 aliphatic carbocycles. The van der Waals surface area contributed by atoms with E-state index < -0.39 is 0 Å². The van der Waals surface area contributed by atoms with E-state index in [0.29, 0.717) is 12.2 Å². The van der Waals surface area contributed by atoms with Gasteiger partial charge in [0.05, 0.1) is 6.54 Å².